The zero-order valence-corrected chi connectivity index (χ0v) is 8.88. The predicted octanol–water partition coefficient (Wildman–Crippen LogP) is 2.13. The van der Waals surface area contributed by atoms with Crippen LogP contribution in [0.1, 0.15) is 18.4 Å². The van der Waals surface area contributed by atoms with Gasteiger partial charge in [0.2, 0.25) is 0 Å². The Bertz CT molecular complexity index is 396. The number of likely N-dealkylation sites (tertiary alicyclic amines) is 1. The maximum absolute atomic E-state index is 13.3. The SMILES string of the molecule is O=C1CCN(Cc2cc(F)ccc2F)CC1. The second-order valence-corrected chi connectivity index (χ2v) is 4.05. The summed E-state index contributed by atoms with van der Waals surface area (Å²) < 4.78 is 26.3. The van der Waals surface area contributed by atoms with Crippen molar-refractivity contribution in [1.82, 2.24) is 4.90 Å². The van der Waals surface area contributed by atoms with E-state index in [0.29, 0.717) is 38.0 Å². The van der Waals surface area contributed by atoms with Crippen LogP contribution < -0.4 is 0 Å². The molecular weight excluding hydrogens is 212 g/mol. The number of halogens is 2. The van der Waals surface area contributed by atoms with Crippen molar-refractivity contribution in [1.29, 1.82) is 0 Å². The minimum atomic E-state index is -0.426. The fraction of sp³-hybridized carbons (Fsp3) is 0.417. The van der Waals surface area contributed by atoms with Crippen molar-refractivity contribution < 1.29 is 13.6 Å². The molecule has 0 N–H and O–H groups in total. The number of hydrogen-bond acceptors (Lipinski definition) is 2. The lowest BCUT2D eigenvalue weighted by Crippen LogP contribution is -2.33. The zero-order valence-electron chi connectivity index (χ0n) is 8.88. The second-order valence-electron chi connectivity index (χ2n) is 4.05. The van der Waals surface area contributed by atoms with Gasteiger partial charge in [-0.1, -0.05) is 0 Å². The third kappa shape index (κ3) is 2.64. The highest BCUT2D eigenvalue weighted by Gasteiger charge is 2.17. The van der Waals surface area contributed by atoms with E-state index in [9.17, 15) is 13.6 Å². The normalized spacial score (nSPS) is 17.8. The molecule has 0 bridgehead atoms. The van der Waals surface area contributed by atoms with E-state index in [4.69, 9.17) is 0 Å². The smallest absolute Gasteiger partial charge is 0.135 e. The first-order chi connectivity index (χ1) is 7.65. The van der Waals surface area contributed by atoms with Gasteiger partial charge in [-0.3, -0.25) is 9.69 Å². The van der Waals surface area contributed by atoms with Crippen molar-refractivity contribution in [2.75, 3.05) is 13.1 Å². The first-order valence-corrected chi connectivity index (χ1v) is 5.33. The number of Topliss-reactive ketones (excluding diaryl/α,β-unsaturated/α-hetero) is 1. The Morgan fingerprint density at radius 2 is 1.88 bits per heavy atom. The van der Waals surface area contributed by atoms with Gasteiger partial charge in [-0.25, -0.2) is 8.78 Å². The average Bonchev–Trinajstić information content (AvgIpc) is 2.27. The predicted molar refractivity (Wildman–Crippen MR) is 55.9 cm³/mol. The van der Waals surface area contributed by atoms with Gasteiger partial charge in [-0.05, 0) is 18.2 Å². The van der Waals surface area contributed by atoms with E-state index in [1.54, 1.807) is 0 Å². The number of carbonyl (C=O) groups is 1. The van der Waals surface area contributed by atoms with E-state index in [-0.39, 0.29) is 5.78 Å². The van der Waals surface area contributed by atoms with Crippen LogP contribution in [0.15, 0.2) is 18.2 Å². The highest BCUT2D eigenvalue weighted by Crippen LogP contribution is 2.15. The average molecular weight is 225 g/mol. The van der Waals surface area contributed by atoms with E-state index in [2.05, 4.69) is 0 Å². The van der Waals surface area contributed by atoms with Gasteiger partial charge in [-0.2, -0.15) is 0 Å². The molecular formula is C12H13F2NO. The van der Waals surface area contributed by atoms with Gasteiger partial charge < -0.3 is 0 Å². The van der Waals surface area contributed by atoms with Crippen molar-refractivity contribution in [2.45, 2.75) is 19.4 Å². The number of benzene rings is 1. The number of ketones is 1. The standard InChI is InChI=1S/C12H13F2NO/c13-10-1-2-12(14)9(7-10)8-15-5-3-11(16)4-6-15/h1-2,7H,3-6,8H2. The summed E-state index contributed by atoms with van der Waals surface area (Å²) >= 11 is 0. The Morgan fingerprint density at radius 3 is 2.56 bits per heavy atom. The fourth-order valence-corrected chi connectivity index (χ4v) is 1.87. The molecule has 86 valence electrons. The quantitative estimate of drug-likeness (QED) is 0.768. The molecule has 0 aliphatic carbocycles. The van der Waals surface area contributed by atoms with Crippen molar-refractivity contribution in [3.8, 4) is 0 Å². The second kappa shape index (κ2) is 4.70. The summed E-state index contributed by atoms with van der Waals surface area (Å²) in [5.74, 6) is -0.571. The number of piperidine rings is 1. The minimum Gasteiger partial charge on any atom is -0.300 e. The van der Waals surface area contributed by atoms with Crippen LogP contribution in [0.3, 0.4) is 0 Å². The van der Waals surface area contributed by atoms with E-state index < -0.39 is 11.6 Å². The number of nitrogens with zero attached hydrogens (tertiary/aromatic N) is 1. The van der Waals surface area contributed by atoms with Crippen LogP contribution in [0.4, 0.5) is 8.78 Å². The summed E-state index contributed by atoms with van der Waals surface area (Å²) in [6, 6.07) is 3.46. The summed E-state index contributed by atoms with van der Waals surface area (Å²) in [7, 11) is 0. The molecule has 0 aromatic heterocycles. The largest absolute Gasteiger partial charge is 0.300 e. The molecule has 1 aliphatic rings. The number of hydrogen-bond donors (Lipinski definition) is 0. The topological polar surface area (TPSA) is 20.3 Å². The van der Waals surface area contributed by atoms with E-state index >= 15 is 0 Å². The molecule has 1 saturated heterocycles. The van der Waals surface area contributed by atoms with Gasteiger partial charge in [0.1, 0.15) is 17.4 Å². The maximum atomic E-state index is 13.3. The highest BCUT2D eigenvalue weighted by molar-refractivity contribution is 5.79. The summed E-state index contributed by atoms with van der Waals surface area (Å²) in [6.07, 6.45) is 1.02. The van der Waals surface area contributed by atoms with Crippen LogP contribution in [0.25, 0.3) is 0 Å². The third-order valence-electron chi connectivity index (χ3n) is 2.82. The van der Waals surface area contributed by atoms with Gasteiger partial charge in [0.15, 0.2) is 0 Å². The van der Waals surface area contributed by atoms with Crippen LogP contribution in [0.2, 0.25) is 0 Å². The van der Waals surface area contributed by atoms with Crippen LogP contribution in [-0.4, -0.2) is 23.8 Å². The first-order valence-electron chi connectivity index (χ1n) is 5.33. The lowest BCUT2D eigenvalue weighted by molar-refractivity contribution is -0.121. The van der Waals surface area contributed by atoms with Gasteiger partial charge in [-0.15, -0.1) is 0 Å². The van der Waals surface area contributed by atoms with Crippen LogP contribution in [-0.2, 0) is 11.3 Å². The zero-order chi connectivity index (χ0) is 11.5. The Hall–Kier alpha value is -1.29. The number of carbonyl (C=O) groups excluding carboxylic acids is 1. The van der Waals surface area contributed by atoms with Gasteiger partial charge in [0.25, 0.3) is 0 Å². The monoisotopic (exact) mass is 225 g/mol. The van der Waals surface area contributed by atoms with Crippen molar-refractivity contribution in [3.05, 3.63) is 35.4 Å². The molecule has 0 unspecified atom stereocenters. The molecule has 16 heavy (non-hydrogen) atoms. The third-order valence-corrected chi connectivity index (χ3v) is 2.82. The Balaban J connectivity index is 2.03. The Kier molecular flexibility index (Phi) is 3.29. The summed E-state index contributed by atoms with van der Waals surface area (Å²) in [6.45, 7) is 1.64. The van der Waals surface area contributed by atoms with Crippen molar-refractivity contribution in [3.63, 3.8) is 0 Å². The van der Waals surface area contributed by atoms with E-state index in [1.807, 2.05) is 4.90 Å². The molecule has 1 aromatic rings. The molecule has 1 heterocycles. The van der Waals surface area contributed by atoms with Gasteiger partial charge in [0, 0.05) is 38.0 Å². The first kappa shape index (κ1) is 11.2. The van der Waals surface area contributed by atoms with Gasteiger partial charge in [0.05, 0.1) is 0 Å². The molecule has 1 aliphatic heterocycles. The van der Waals surface area contributed by atoms with Crippen molar-refractivity contribution >= 4 is 5.78 Å². The highest BCUT2D eigenvalue weighted by atomic mass is 19.1. The fourth-order valence-electron chi connectivity index (χ4n) is 1.87. The minimum absolute atomic E-state index is 0.246. The molecule has 1 fully saturated rings. The van der Waals surface area contributed by atoms with E-state index in [1.165, 1.54) is 6.07 Å². The molecule has 0 atom stereocenters. The summed E-state index contributed by atoms with van der Waals surface area (Å²) in [4.78, 5) is 13.0. The molecule has 0 amide bonds. The molecule has 1 aromatic carbocycles. The summed E-state index contributed by atoms with van der Waals surface area (Å²) in [5.41, 5.74) is 0.356. The van der Waals surface area contributed by atoms with Gasteiger partial charge >= 0.3 is 0 Å². The Labute approximate surface area is 92.9 Å². The molecule has 0 radical (unpaired) electrons. The van der Waals surface area contributed by atoms with E-state index in [0.717, 1.165) is 12.1 Å². The lowest BCUT2D eigenvalue weighted by Gasteiger charge is -2.25. The maximum Gasteiger partial charge on any atom is 0.135 e. The number of rotatable bonds is 2. The molecule has 0 saturated carbocycles. The van der Waals surface area contributed by atoms with Crippen LogP contribution in [0, 0.1) is 11.6 Å². The van der Waals surface area contributed by atoms with Crippen LogP contribution >= 0.6 is 0 Å². The summed E-state index contributed by atoms with van der Waals surface area (Å²) in [5, 5.41) is 0. The lowest BCUT2D eigenvalue weighted by atomic mass is 10.1. The van der Waals surface area contributed by atoms with Crippen molar-refractivity contribution in [2.24, 2.45) is 0 Å². The molecule has 4 heteroatoms. The molecule has 0 spiro atoms. The Morgan fingerprint density at radius 1 is 1.19 bits per heavy atom. The molecule has 2 nitrogen and oxygen atoms in total. The molecule has 2 rings (SSSR count). The van der Waals surface area contributed by atoms with Crippen LogP contribution in [0.5, 0.6) is 0 Å².